The Morgan fingerprint density at radius 1 is 1.24 bits per heavy atom. The van der Waals surface area contributed by atoms with Gasteiger partial charge in [-0.1, -0.05) is 18.2 Å². The molecule has 21 heavy (non-hydrogen) atoms. The Hall–Kier alpha value is -2.01. The van der Waals surface area contributed by atoms with Crippen molar-refractivity contribution in [2.24, 2.45) is 5.73 Å². The van der Waals surface area contributed by atoms with Gasteiger partial charge >= 0.3 is 6.61 Å². The second-order valence-corrected chi connectivity index (χ2v) is 5.17. The highest BCUT2D eigenvalue weighted by molar-refractivity contribution is 5.36. The van der Waals surface area contributed by atoms with Crippen LogP contribution in [0.4, 0.5) is 8.78 Å². The normalized spacial score (nSPS) is 18.6. The van der Waals surface area contributed by atoms with Gasteiger partial charge in [-0.05, 0) is 42.2 Å². The molecule has 1 aliphatic rings. The summed E-state index contributed by atoms with van der Waals surface area (Å²) in [6.45, 7) is -2.83. The Morgan fingerprint density at radius 3 is 2.90 bits per heavy atom. The van der Waals surface area contributed by atoms with E-state index >= 15 is 0 Å². The fourth-order valence-corrected chi connectivity index (χ4v) is 2.92. The van der Waals surface area contributed by atoms with Crippen molar-refractivity contribution in [2.45, 2.75) is 31.4 Å². The van der Waals surface area contributed by atoms with E-state index in [1.807, 2.05) is 12.1 Å². The van der Waals surface area contributed by atoms with Crippen molar-refractivity contribution < 1.29 is 13.5 Å². The molecule has 1 heterocycles. The first-order valence-corrected chi connectivity index (χ1v) is 6.89. The zero-order valence-corrected chi connectivity index (χ0v) is 11.4. The van der Waals surface area contributed by atoms with Crippen LogP contribution in [0.3, 0.4) is 0 Å². The van der Waals surface area contributed by atoms with Crippen LogP contribution >= 0.6 is 0 Å². The van der Waals surface area contributed by atoms with Crippen LogP contribution in [0.1, 0.15) is 35.2 Å². The lowest BCUT2D eigenvalue weighted by atomic mass is 9.91. The van der Waals surface area contributed by atoms with Gasteiger partial charge in [0.25, 0.3) is 0 Å². The molecule has 0 bridgehead atoms. The van der Waals surface area contributed by atoms with Crippen molar-refractivity contribution in [3.63, 3.8) is 0 Å². The molecule has 110 valence electrons. The average Bonchev–Trinajstić information content (AvgIpc) is 2.90. The second kappa shape index (κ2) is 5.77. The second-order valence-electron chi connectivity index (χ2n) is 5.17. The maximum Gasteiger partial charge on any atom is 0.387 e. The quantitative estimate of drug-likeness (QED) is 0.938. The van der Waals surface area contributed by atoms with Crippen molar-refractivity contribution in [2.75, 3.05) is 0 Å². The Morgan fingerprint density at radius 2 is 2.10 bits per heavy atom. The van der Waals surface area contributed by atoms with E-state index in [-0.39, 0.29) is 17.7 Å². The lowest BCUT2D eigenvalue weighted by Crippen LogP contribution is -2.19. The molecule has 0 fully saturated rings. The standard InChI is InChI=1S/C16H16F2N2O/c17-16(18)21-12-5-1-3-11(9-12)14(19)13-7-6-10-4-2-8-20-15(10)13/h1-5,8-9,13-14,16H,6-7,19H2. The average molecular weight is 290 g/mol. The van der Waals surface area contributed by atoms with Crippen LogP contribution < -0.4 is 10.5 Å². The summed E-state index contributed by atoms with van der Waals surface area (Å²) in [5.74, 6) is 0.250. The summed E-state index contributed by atoms with van der Waals surface area (Å²) in [6, 6.07) is 10.3. The van der Waals surface area contributed by atoms with Gasteiger partial charge in [0.1, 0.15) is 5.75 Å². The highest BCUT2D eigenvalue weighted by Gasteiger charge is 2.29. The molecule has 3 nitrogen and oxygen atoms in total. The summed E-state index contributed by atoms with van der Waals surface area (Å²) in [5.41, 5.74) is 9.36. The van der Waals surface area contributed by atoms with E-state index in [0.717, 1.165) is 24.1 Å². The smallest absolute Gasteiger partial charge is 0.387 e. The van der Waals surface area contributed by atoms with Gasteiger partial charge in [-0.2, -0.15) is 8.78 Å². The molecule has 2 atom stereocenters. The largest absolute Gasteiger partial charge is 0.435 e. The van der Waals surface area contributed by atoms with Crippen LogP contribution in [-0.4, -0.2) is 11.6 Å². The monoisotopic (exact) mass is 290 g/mol. The molecule has 0 aliphatic heterocycles. The number of aryl methyl sites for hydroxylation is 1. The van der Waals surface area contributed by atoms with Crippen LogP contribution in [0, 0.1) is 0 Å². The number of hydrogen-bond acceptors (Lipinski definition) is 3. The van der Waals surface area contributed by atoms with Gasteiger partial charge in [0, 0.05) is 23.9 Å². The molecule has 0 spiro atoms. The first-order valence-electron chi connectivity index (χ1n) is 6.89. The highest BCUT2D eigenvalue weighted by Crippen LogP contribution is 2.39. The highest BCUT2D eigenvalue weighted by atomic mass is 19.3. The maximum atomic E-state index is 12.3. The zero-order valence-electron chi connectivity index (χ0n) is 11.4. The molecule has 1 aromatic heterocycles. The van der Waals surface area contributed by atoms with Crippen LogP contribution in [0.15, 0.2) is 42.6 Å². The fourth-order valence-electron chi connectivity index (χ4n) is 2.92. The Balaban J connectivity index is 1.84. The van der Waals surface area contributed by atoms with Crippen LogP contribution in [-0.2, 0) is 6.42 Å². The molecular weight excluding hydrogens is 274 g/mol. The summed E-state index contributed by atoms with van der Waals surface area (Å²) < 4.78 is 29.0. The molecule has 0 amide bonds. The van der Waals surface area contributed by atoms with E-state index in [1.165, 1.54) is 11.6 Å². The molecule has 1 aliphatic carbocycles. The Kier molecular flexibility index (Phi) is 3.84. The molecule has 2 unspecified atom stereocenters. The third-order valence-corrected chi connectivity index (χ3v) is 3.90. The van der Waals surface area contributed by atoms with Gasteiger partial charge in [0.05, 0.1) is 0 Å². The van der Waals surface area contributed by atoms with Gasteiger partial charge in [-0.25, -0.2) is 0 Å². The molecule has 0 saturated heterocycles. The van der Waals surface area contributed by atoms with Crippen molar-refractivity contribution in [3.05, 3.63) is 59.4 Å². The first kappa shape index (κ1) is 13.9. The SMILES string of the molecule is NC(c1cccc(OC(F)F)c1)C1CCc2cccnc21. The summed E-state index contributed by atoms with van der Waals surface area (Å²) in [7, 11) is 0. The zero-order chi connectivity index (χ0) is 14.8. The minimum Gasteiger partial charge on any atom is -0.435 e. The predicted molar refractivity (Wildman–Crippen MR) is 75.3 cm³/mol. The molecular formula is C16H16F2N2O. The van der Waals surface area contributed by atoms with Crippen LogP contribution in [0.25, 0.3) is 0 Å². The third-order valence-electron chi connectivity index (χ3n) is 3.90. The van der Waals surface area contributed by atoms with Gasteiger partial charge in [0.2, 0.25) is 0 Å². The molecule has 2 N–H and O–H groups in total. The minimum atomic E-state index is -2.83. The van der Waals surface area contributed by atoms with Crippen molar-refractivity contribution in [1.29, 1.82) is 0 Å². The number of alkyl halides is 2. The number of aromatic nitrogens is 1. The number of hydrogen-bond donors (Lipinski definition) is 1. The first-order chi connectivity index (χ1) is 10.1. The number of fused-ring (bicyclic) bond motifs is 1. The third kappa shape index (κ3) is 2.88. The number of nitrogens with zero attached hydrogens (tertiary/aromatic N) is 1. The molecule has 5 heteroatoms. The van der Waals surface area contributed by atoms with Gasteiger partial charge in [-0.15, -0.1) is 0 Å². The van der Waals surface area contributed by atoms with E-state index in [0.29, 0.717) is 0 Å². The number of pyridine rings is 1. The van der Waals surface area contributed by atoms with Crippen LogP contribution in [0.2, 0.25) is 0 Å². The summed E-state index contributed by atoms with van der Waals surface area (Å²) in [4.78, 5) is 4.43. The topological polar surface area (TPSA) is 48.1 Å². The van der Waals surface area contributed by atoms with E-state index < -0.39 is 6.61 Å². The van der Waals surface area contributed by atoms with Gasteiger partial charge in [0.15, 0.2) is 0 Å². The molecule has 2 aromatic rings. The van der Waals surface area contributed by atoms with Gasteiger partial charge < -0.3 is 10.5 Å². The van der Waals surface area contributed by atoms with E-state index in [1.54, 1.807) is 18.3 Å². The Bertz CT molecular complexity index is 633. The minimum absolute atomic E-state index is 0.114. The summed E-state index contributed by atoms with van der Waals surface area (Å²) in [5, 5.41) is 0. The number of nitrogens with two attached hydrogens (primary N) is 1. The number of halogens is 2. The van der Waals surface area contributed by atoms with E-state index in [9.17, 15) is 8.78 Å². The van der Waals surface area contributed by atoms with E-state index in [4.69, 9.17) is 5.73 Å². The molecule has 3 rings (SSSR count). The van der Waals surface area contributed by atoms with Gasteiger partial charge in [-0.3, -0.25) is 4.98 Å². The number of ether oxygens (including phenoxy) is 1. The number of benzene rings is 1. The fraction of sp³-hybridized carbons (Fsp3) is 0.312. The Labute approximate surface area is 121 Å². The summed E-state index contributed by atoms with van der Waals surface area (Å²) in [6.07, 6.45) is 3.64. The van der Waals surface area contributed by atoms with E-state index in [2.05, 4.69) is 15.8 Å². The predicted octanol–water partition coefficient (Wildman–Crippen LogP) is 3.41. The molecule has 0 saturated carbocycles. The lowest BCUT2D eigenvalue weighted by Gasteiger charge is -2.20. The molecule has 1 aromatic carbocycles. The van der Waals surface area contributed by atoms with Crippen molar-refractivity contribution >= 4 is 0 Å². The van der Waals surface area contributed by atoms with Crippen molar-refractivity contribution in [1.82, 2.24) is 4.98 Å². The number of rotatable bonds is 4. The molecule has 0 radical (unpaired) electrons. The van der Waals surface area contributed by atoms with Crippen LogP contribution in [0.5, 0.6) is 5.75 Å². The lowest BCUT2D eigenvalue weighted by molar-refractivity contribution is -0.0499. The van der Waals surface area contributed by atoms with Crippen molar-refractivity contribution in [3.8, 4) is 5.75 Å². The maximum absolute atomic E-state index is 12.3. The summed E-state index contributed by atoms with van der Waals surface area (Å²) >= 11 is 0.